The highest BCUT2D eigenvalue weighted by Crippen LogP contribution is 2.34. The molecule has 0 radical (unpaired) electrons. The predicted octanol–water partition coefficient (Wildman–Crippen LogP) is 4.95. The van der Waals surface area contributed by atoms with Crippen LogP contribution in [-0.4, -0.2) is 37.5 Å². The molecule has 8 nitrogen and oxygen atoms in total. The molecular weight excluding hydrogens is 480 g/mol. The summed E-state index contributed by atoms with van der Waals surface area (Å²) in [4.78, 5) is 30.9. The molecule has 180 valence electrons. The Balaban J connectivity index is 1.40. The Morgan fingerprint density at radius 3 is 2.71 bits per heavy atom. The Morgan fingerprint density at radius 2 is 1.94 bits per heavy atom. The Morgan fingerprint density at radius 1 is 1.09 bits per heavy atom. The van der Waals surface area contributed by atoms with Crippen LogP contribution in [0.1, 0.15) is 41.5 Å². The Bertz CT molecular complexity index is 1280. The zero-order chi connectivity index (χ0) is 24.7. The van der Waals surface area contributed by atoms with E-state index in [9.17, 15) is 9.90 Å². The lowest BCUT2D eigenvalue weighted by Crippen LogP contribution is -2.41. The van der Waals surface area contributed by atoms with Gasteiger partial charge < -0.3 is 15.7 Å². The molecule has 4 rings (SSSR count). The topological polar surface area (TPSA) is 113 Å². The van der Waals surface area contributed by atoms with Crippen LogP contribution >= 0.6 is 23.1 Å². The fourth-order valence-corrected chi connectivity index (χ4v) is 5.34. The van der Waals surface area contributed by atoms with Crippen LogP contribution in [-0.2, 0) is 5.60 Å². The Hall–Kier alpha value is -3.34. The van der Waals surface area contributed by atoms with Crippen LogP contribution in [0.4, 0.5) is 10.9 Å². The first-order chi connectivity index (χ1) is 16.9. The summed E-state index contributed by atoms with van der Waals surface area (Å²) in [5.41, 5.74) is 0.589. The minimum absolute atomic E-state index is 0.0482. The first kappa shape index (κ1) is 24.8. The van der Waals surface area contributed by atoms with Gasteiger partial charge in [0.05, 0.1) is 22.6 Å². The van der Waals surface area contributed by atoms with Gasteiger partial charge in [-0.15, -0.1) is 0 Å². The molecule has 0 spiro atoms. The number of pyridine rings is 3. The van der Waals surface area contributed by atoms with Crippen LogP contribution in [0.2, 0.25) is 0 Å². The van der Waals surface area contributed by atoms with Gasteiger partial charge in [-0.05, 0) is 55.3 Å². The number of carbonyl (C=O) groups excluding carboxylic acids is 1. The third-order valence-electron chi connectivity index (χ3n) is 5.16. The molecule has 10 heteroatoms. The van der Waals surface area contributed by atoms with Crippen molar-refractivity contribution in [1.82, 2.24) is 25.3 Å². The Kier molecular flexibility index (Phi) is 8.06. The standard InChI is InChI=1S/C25H26N6O2S2/c1-3-9-25(33,20-13-17(2)7-11-27-20)16-30-23(32)19-14-18(8-12-26-19)34-22-15-29-24(35-22)31-21-6-4-5-10-28-21/h4-8,10-15,33H,3,9,16H2,1-2H3,(H,30,32)(H,28,29,31). The van der Waals surface area contributed by atoms with Gasteiger partial charge in [0.1, 0.15) is 17.1 Å². The highest BCUT2D eigenvalue weighted by atomic mass is 32.2. The number of rotatable bonds is 10. The lowest BCUT2D eigenvalue weighted by atomic mass is 9.92. The second kappa shape index (κ2) is 11.4. The van der Waals surface area contributed by atoms with Crippen molar-refractivity contribution < 1.29 is 9.90 Å². The van der Waals surface area contributed by atoms with Gasteiger partial charge in [0.15, 0.2) is 5.13 Å². The highest BCUT2D eigenvalue weighted by molar-refractivity contribution is 8.01. The van der Waals surface area contributed by atoms with E-state index in [2.05, 4.69) is 30.6 Å². The molecule has 0 saturated heterocycles. The van der Waals surface area contributed by atoms with E-state index >= 15 is 0 Å². The van der Waals surface area contributed by atoms with Gasteiger partial charge in [-0.1, -0.05) is 42.5 Å². The third kappa shape index (κ3) is 6.62. The molecule has 0 aliphatic heterocycles. The number of aromatic nitrogens is 4. The van der Waals surface area contributed by atoms with Gasteiger partial charge in [-0.3, -0.25) is 14.8 Å². The van der Waals surface area contributed by atoms with Gasteiger partial charge in [0, 0.05) is 23.5 Å². The van der Waals surface area contributed by atoms with Gasteiger partial charge in [0.2, 0.25) is 0 Å². The van der Waals surface area contributed by atoms with E-state index in [1.54, 1.807) is 30.9 Å². The van der Waals surface area contributed by atoms with E-state index in [-0.39, 0.29) is 18.1 Å². The molecule has 1 amide bonds. The lowest BCUT2D eigenvalue weighted by molar-refractivity contribution is 0.0221. The monoisotopic (exact) mass is 506 g/mol. The predicted molar refractivity (Wildman–Crippen MR) is 138 cm³/mol. The fourth-order valence-electron chi connectivity index (χ4n) is 3.45. The van der Waals surface area contributed by atoms with Crippen molar-refractivity contribution in [3.05, 3.63) is 84.2 Å². The quantitative estimate of drug-likeness (QED) is 0.277. The summed E-state index contributed by atoms with van der Waals surface area (Å²) in [5.74, 6) is 0.376. The summed E-state index contributed by atoms with van der Waals surface area (Å²) in [6, 6.07) is 12.9. The van der Waals surface area contributed by atoms with Crippen LogP contribution in [0.15, 0.2) is 76.4 Å². The lowest BCUT2D eigenvalue weighted by Gasteiger charge is -2.27. The molecule has 4 aromatic heterocycles. The normalized spacial score (nSPS) is 12.7. The van der Waals surface area contributed by atoms with Gasteiger partial charge in [0.25, 0.3) is 5.91 Å². The number of amides is 1. The van der Waals surface area contributed by atoms with Crippen LogP contribution in [0.5, 0.6) is 0 Å². The van der Waals surface area contributed by atoms with Crippen LogP contribution in [0, 0.1) is 6.92 Å². The molecule has 1 atom stereocenters. The van der Waals surface area contributed by atoms with E-state index < -0.39 is 5.60 Å². The fraction of sp³-hybridized carbons (Fsp3) is 0.240. The first-order valence-electron chi connectivity index (χ1n) is 11.2. The average Bonchev–Trinajstić information content (AvgIpc) is 3.30. The maximum absolute atomic E-state index is 12.9. The molecule has 0 bridgehead atoms. The number of hydrogen-bond acceptors (Lipinski definition) is 9. The molecule has 0 fully saturated rings. The molecule has 4 aromatic rings. The van der Waals surface area contributed by atoms with E-state index in [0.717, 1.165) is 32.0 Å². The molecule has 0 aromatic carbocycles. The maximum Gasteiger partial charge on any atom is 0.270 e. The van der Waals surface area contributed by atoms with Gasteiger partial charge >= 0.3 is 0 Å². The van der Waals surface area contributed by atoms with Crippen LogP contribution in [0.25, 0.3) is 0 Å². The highest BCUT2D eigenvalue weighted by Gasteiger charge is 2.31. The molecule has 1 unspecified atom stereocenters. The van der Waals surface area contributed by atoms with Gasteiger partial charge in [-0.25, -0.2) is 9.97 Å². The molecule has 0 aliphatic carbocycles. The second-order valence-electron chi connectivity index (χ2n) is 7.99. The third-order valence-corrected chi connectivity index (χ3v) is 7.17. The number of anilines is 2. The van der Waals surface area contributed by atoms with Crippen molar-refractivity contribution >= 4 is 40.0 Å². The Labute approximate surface area is 212 Å². The molecule has 0 saturated carbocycles. The average molecular weight is 507 g/mol. The van der Waals surface area contributed by atoms with E-state index in [4.69, 9.17) is 0 Å². The smallest absolute Gasteiger partial charge is 0.270 e. The van der Waals surface area contributed by atoms with Crippen LogP contribution in [0.3, 0.4) is 0 Å². The van der Waals surface area contributed by atoms with Crippen molar-refractivity contribution in [3.8, 4) is 0 Å². The zero-order valence-corrected chi connectivity index (χ0v) is 21.1. The summed E-state index contributed by atoms with van der Waals surface area (Å²) in [6.07, 6.45) is 8.00. The van der Waals surface area contributed by atoms with Crippen molar-refractivity contribution in [2.45, 2.75) is 41.4 Å². The zero-order valence-electron chi connectivity index (χ0n) is 19.4. The number of nitrogens with one attached hydrogen (secondary N) is 2. The summed E-state index contributed by atoms with van der Waals surface area (Å²) < 4.78 is 0.962. The van der Waals surface area contributed by atoms with Gasteiger partial charge in [-0.2, -0.15) is 0 Å². The molecule has 35 heavy (non-hydrogen) atoms. The summed E-state index contributed by atoms with van der Waals surface area (Å²) in [7, 11) is 0. The number of carbonyl (C=O) groups is 1. The van der Waals surface area contributed by atoms with E-state index in [1.807, 2.05) is 50.2 Å². The van der Waals surface area contributed by atoms with Crippen molar-refractivity contribution in [2.24, 2.45) is 0 Å². The summed E-state index contributed by atoms with van der Waals surface area (Å²) >= 11 is 2.99. The number of aryl methyl sites for hydroxylation is 1. The van der Waals surface area contributed by atoms with Crippen molar-refractivity contribution in [2.75, 3.05) is 11.9 Å². The number of hydrogen-bond donors (Lipinski definition) is 3. The van der Waals surface area contributed by atoms with E-state index in [0.29, 0.717) is 12.1 Å². The second-order valence-corrected chi connectivity index (χ2v) is 10.4. The molecular formula is C25H26N6O2S2. The maximum atomic E-state index is 12.9. The molecule has 0 aliphatic rings. The summed E-state index contributed by atoms with van der Waals surface area (Å²) in [6.45, 7) is 3.98. The SMILES string of the molecule is CCCC(O)(CNC(=O)c1cc(Sc2cnc(Nc3ccccn3)s2)ccn1)c1cc(C)ccn1. The number of thiazole rings is 1. The minimum Gasteiger partial charge on any atom is -0.382 e. The number of nitrogens with zero attached hydrogens (tertiary/aromatic N) is 4. The minimum atomic E-state index is -1.25. The van der Waals surface area contributed by atoms with Crippen LogP contribution < -0.4 is 10.6 Å². The molecule has 3 N–H and O–H groups in total. The summed E-state index contributed by atoms with van der Waals surface area (Å²) in [5, 5.41) is 18.0. The first-order valence-corrected chi connectivity index (χ1v) is 12.8. The largest absolute Gasteiger partial charge is 0.382 e. The van der Waals surface area contributed by atoms with E-state index in [1.165, 1.54) is 23.1 Å². The van der Waals surface area contributed by atoms with Crippen molar-refractivity contribution in [1.29, 1.82) is 0 Å². The number of aliphatic hydroxyl groups is 1. The molecule has 4 heterocycles. The van der Waals surface area contributed by atoms with Crippen molar-refractivity contribution in [3.63, 3.8) is 0 Å².